The lowest BCUT2D eigenvalue weighted by Crippen LogP contribution is -2.31. The molecule has 2 rings (SSSR count). The summed E-state index contributed by atoms with van der Waals surface area (Å²) in [5.74, 6) is -0.205. The minimum atomic E-state index is -0.437. The average molecular weight is 401 g/mol. The summed E-state index contributed by atoms with van der Waals surface area (Å²) in [6, 6.07) is 9.11. The van der Waals surface area contributed by atoms with Gasteiger partial charge in [-0.2, -0.15) is 0 Å². The van der Waals surface area contributed by atoms with Crippen molar-refractivity contribution in [3.63, 3.8) is 0 Å². The monoisotopic (exact) mass is 399 g/mol. The maximum Gasteiger partial charge on any atom is 0.319 e. The fourth-order valence-electron chi connectivity index (χ4n) is 2.18. The van der Waals surface area contributed by atoms with Crippen LogP contribution in [0.4, 0.5) is 16.2 Å². The maximum absolute atomic E-state index is 12.2. The zero-order valence-corrected chi connectivity index (χ0v) is 15.8. The molecule has 25 heavy (non-hydrogen) atoms. The lowest BCUT2D eigenvalue weighted by atomic mass is 10.1. The molecule has 1 atom stereocenters. The molecular formula is C17H16Cl3N3O2. The van der Waals surface area contributed by atoms with Crippen LogP contribution < -0.4 is 16.0 Å². The van der Waals surface area contributed by atoms with Crippen LogP contribution in [0.2, 0.25) is 15.1 Å². The summed E-state index contributed by atoms with van der Waals surface area (Å²) in [6.45, 7) is 3.20. The molecule has 0 radical (unpaired) electrons. The highest BCUT2D eigenvalue weighted by molar-refractivity contribution is 6.35. The van der Waals surface area contributed by atoms with Crippen molar-refractivity contribution in [3.8, 4) is 0 Å². The number of anilines is 2. The number of carbonyl (C=O) groups excluding carboxylic acids is 2. The molecule has 2 aromatic carbocycles. The van der Waals surface area contributed by atoms with E-state index >= 15 is 0 Å². The summed E-state index contributed by atoms with van der Waals surface area (Å²) in [4.78, 5) is 23.2. The van der Waals surface area contributed by atoms with Gasteiger partial charge in [-0.15, -0.1) is 0 Å². The Labute approximate surface area is 160 Å². The quantitative estimate of drug-likeness (QED) is 0.635. The molecule has 0 spiro atoms. The smallest absolute Gasteiger partial charge is 0.319 e. The van der Waals surface area contributed by atoms with Crippen molar-refractivity contribution in [2.75, 3.05) is 10.6 Å². The lowest BCUT2D eigenvalue weighted by molar-refractivity contribution is -0.114. The van der Waals surface area contributed by atoms with Crippen LogP contribution in [0.5, 0.6) is 0 Å². The molecule has 5 nitrogen and oxygen atoms in total. The maximum atomic E-state index is 12.2. The Balaban J connectivity index is 2.03. The SMILES string of the molecule is CC(=O)Nc1ccc(NC(=O)NC(C)c2ccc(Cl)cc2Cl)c(Cl)c1. The van der Waals surface area contributed by atoms with Gasteiger partial charge in [0.25, 0.3) is 0 Å². The molecule has 2 aromatic rings. The Morgan fingerprint density at radius 3 is 2.28 bits per heavy atom. The van der Waals surface area contributed by atoms with Crippen LogP contribution in [-0.4, -0.2) is 11.9 Å². The number of amides is 3. The van der Waals surface area contributed by atoms with E-state index in [1.54, 1.807) is 43.3 Å². The van der Waals surface area contributed by atoms with Crippen LogP contribution in [0, 0.1) is 0 Å². The molecule has 0 aromatic heterocycles. The van der Waals surface area contributed by atoms with Gasteiger partial charge in [0.15, 0.2) is 0 Å². The van der Waals surface area contributed by atoms with Gasteiger partial charge in [-0.05, 0) is 42.8 Å². The number of carbonyl (C=O) groups is 2. The predicted molar refractivity (Wildman–Crippen MR) is 103 cm³/mol. The van der Waals surface area contributed by atoms with Gasteiger partial charge in [0.05, 0.1) is 16.8 Å². The third-order valence-electron chi connectivity index (χ3n) is 3.31. The minimum Gasteiger partial charge on any atom is -0.331 e. The molecule has 132 valence electrons. The average Bonchev–Trinajstić information content (AvgIpc) is 2.49. The van der Waals surface area contributed by atoms with Crippen molar-refractivity contribution in [2.24, 2.45) is 0 Å². The van der Waals surface area contributed by atoms with Gasteiger partial charge in [0.2, 0.25) is 5.91 Å². The topological polar surface area (TPSA) is 70.2 Å². The molecule has 0 aliphatic carbocycles. The second-order valence-electron chi connectivity index (χ2n) is 5.36. The van der Waals surface area contributed by atoms with Crippen LogP contribution in [0.25, 0.3) is 0 Å². The van der Waals surface area contributed by atoms with Crippen molar-refractivity contribution < 1.29 is 9.59 Å². The van der Waals surface area contributed by atoms with E-state index < -0.39 is 6.03 Å². The van der Waals surface area contributed by atoms with E-state index in [9.17, 15) is 9.59 Å². The van der Waals surface area contributed by atoms with E-state index in [1.165, 1.54) is 6.92 Å². The minimum absolute atomic E-state index is 0.205. The van der Waals surface area contributed by atoms with E-state index in [1.807, 2.05) is 0 Å². The van der Waals surface area contributed by atoms with Gasteiger partial charge >= 0.3 is 6.03 Å². The lowest BCUT2D eigenvalue weighted by Gasteiger charge is -2.17. The number of benzene rings is 2. The second-order valence-corrected chi connectivity index (χ2v) is 6.61. The standard InChI is InChI=1S/C17H16Cl3N3O2/c1-9(13-5-3-11(18)7-14(13)19)21-17(25)23-16-6-4-12(8-15(16)20)22-10(2)24/h3-9H,1-2H3,(H,22,24)(H2,21,23,25). The highest BCUT2D eigenvalue weighted by Crippen LogP contribution is 2.27. The second kappa shape index (κ2) is 8.43. The first-order chi connectivity index (χ1) is 11.8. The Morgan fingerprint density at radius 2 is 1.68 bits per heavy atom. The summed E-state index contributed by atoms with van der Waals surface area (Å²) in [7, 11) is 0. The predicted octanol–water partition coefficient (Wildman–Crippen LogP) is 5.49. The van der Waals surface area contributed by atoms with Gasteiger partial charge in [0.1, 0.15) is 0 Å². The number of halogens is 3. The summed E-state index contributed by atoms with van der Waals surface area (Å²) in [6.07, 6.45) is 0. The van der Waals surface area contributed by atoms with Gasteiger partial charge in [0, 0.05) is 22.7 Å². The van der Waals surface area contributed by atoms with Crippen molar-refractivity contribution >= 4 is 58.1 Å². The first-order valence-corrected chi connectivity index (χ1v) is 8.49. The zero-order chi connectivity index (χ0) is 18.6. The van der Waals surface area contributed by atoms with Crippen molar-refractivity contribution in [1.82, 2.24) is 5.32 Å². The van der Waals surface area contributed by atoms with Gasteiger partial charge in [-0.3, -0.25) is 4.79 Å². The van der Waals surface area contributed by atoms with Crippen molar-refractivity contribution in [1.29, 1.82) is 0 Å². The summed E-state index contributed by atoms with van der Waals surface area (Å²) in [5, 5.41) is 9.34. The third-order valence-corrected chi connectivity index (χ3v) is 4.19. The van der Waals surface area contributed by atoms with Gasteiger partial charge in [-0.1, -0.05) is 40.9 Å². The first-order valence-electron chi connectivity index (χ1n) is 7.36. The Kier molecular flexibility index (Phi) is 6.53. The molecular weight excluding hydrogens is 385 g/mol. The van der Waals surface area contributed by atoms with Crippen molar-refractivity contribution in [2.45, 2.75) is 19.9 Å². The first kappa shape index (κ1) is 19.4. The molecule has 0 heterocycles. The van der Waals surface area contributed by atoms with Crippen LogP contribution >= 0.6 is 34.8 Å². The fraction of sp³-hybridized carbons (Fsp3) is 0.176. The Morgan fingerprint density at radius 1 is 0.960 bits per heavy atom. The zero-order valence-electron chi connectivity index (χ0n) is 13.5. The molecule has 8 heteroatoms. The van der Waals surface area contributed by atoms with Crippen LogP contribution in [0.15, 0.2) is 36.4 Å². The summed E-state index contributed by atoms with van der Waals surface area (Å²) in [5.41, 5.74) is 1.71. The molecule has 3 N–H and O–H groups in total. The molecule has 0 saturated carbocycles. The largest absolute Gasteiger partial charge is 0.331 e. The van der Waals surface area contributed by atoms with Crippen LogP contribution in [0.3, 0.4) is 0 Å². The third kappa shape index (κ3) is 5.53. The van der Waals surface area contributed by atoms with E-state index in [2.05, 4.69) is 16.0 Å². The van der Waals surface area contributed by atoms with E-state index in [0.717, 1.165) is 5.56 Å². The van der Waals surface area contributed by atoms with E-state index in [0.29, 0.717) is 26.4 Å². The Hall–Kier alpha value is -1.95. The van der Waals surface area contributed by atoms with Gasteiger partial charge in [-0.25, -0.2) is 4.79 Å². The number of hydrogen-bond acceptors (Lipinski definition) is 2. The number of rotatable bonds is 4. The van der Waals surface area contributed by atoms with E-state index in [-0.39, 0.29) is 11.9 Å². The number of nitrogens with one attached hydrogen (secondary N) is 3. The number of hydrogen-bond donors (Lipinski definition) is 3. The molecule has 0 fully saturated rings. The normalized spacial score (nSPS) is 11.6. The summed E-state index contributed by atoms with van der Waals surface area (Å²) >= 11 is 18.1. The number of urea groups is 1. The highest BCUT2D eigenvalue weighted by Gasteiger charge is 2.14. The fourth-order valence-corrected chi connectivity index (χ4v) is 2.98. The van der Waals surface area contributed by atoms with Crippen molar-refractivity contribution in [3.05, 3.63) is 57.0 Å². The highest BCUT2D eigenvalue weighted by atomic mass is 35.5. The van der Waals surface area contributed by atoms with Crippen LogP contribution in [-0.2, 0) is 4.79 Å². The summed E-state index contributed by atoms with van der Waals surface area (Å²) < 4.78 is 0. The molecule has 0 aliphatic heterocycles. The molecule has 0 aliphatic rings. The molecule has 0 saturated heterocycles. The molecule has 3 amide bonds. The van der Waals surface area contributed by atoms with Gasteiger partial charge < -0.3 is 16.0 Å². The van der Waals surface area contributed by atoms with Crippen LogP contribution in [0.1, 0.15) is 25.5 Å². The molecule has 0 bridgehead atoms. The van der Waals surface area contributed by atoms with E-state index in [4.69, 9.17) is 34.8 Å². The Bertz CT molecular complexity index is 812. The molecule has 1 unspecified atom stereocenters.